The van der Waals surface area contributed by atoms with Gasteiger partial charge in [-0.05, 0) is 31.2 Å². The molecule has 1 aromatic rings. The summed E-state index contributed by atoms with van der Waals surface area (Å²) >= 11 is 0. The molecular weight excluding hydrogens is 252 g/mol. The molecule has 0 amide bonds. The van der Waals surface area contributed by atoms with Crippen molar-refractivity contribution >= 4 is 5.78 Å². The van der Waals surface area contributed by atoms with E-state index in [0.717, 1.165) is 17.8 Å². The van der Waals surface area contributed by atoms with Gasteiger partial charge in [-0.1, -0.05) is 0 Å². The fourth-order valence-corrected chi connectivity index (χ4v) is 1.86. The zero-order valence-electron chi connectivity index (χ0n) is 10.5. The fourth-order valence-electron chi connectivity index (χ4n) is 1.86. The molecule has 1 aromatic carbocycles. The van der Waals surface area contributed by atoms with Crippen molar-refractivity contribution in [3.05, 3.63) is 58.8 Å². The van der Waals surface area contributed by atoms with Gasteiger partial charge in [-0.25, -0.2) is 8.78 Å². The minimum atomic E-state index is -1.12. The Morgan fingerprint density at radius 2 is 1.79 bits per heavy atom. The van der Waals surface area contributed by atoms with Gasteiger partial charge in [0.2, 0.25) is 0 Å². The highest BCUT2D eigenvalue weighted by Gasteiger charge is 2.26. The van der Waals surface area contributed by atoms with Crippen molar-refractivity contribution in [2.24, 2.45) is 0 Å². The first-order valence-corrected chi connectivity index (χ1v) is 5.70. The topological polar surface area (TPSA) is 40.5 Å². The average molecular weight is 265 g/mol. The van der Waals surface area contributed by atoms with Crippen molar-refractivity contribution < 1.29 is 18.7 Å². The Morgan fingerprint density at radius 3 is 2.37 bits per heavy atom. The van der Waals surface area contributed by atoms with Gasteiger partial charge >= 0.3 is 0 Å². The van der Waals surface area contributed by atoms with E-state index in [1.807, 2.05) is 0 Å². The number of halogens is 2. The molecule has 2 rings (SSSR count). The van der Waals surface area contributed by atoms with Gasteiger partial charge in [-0.2, -0.15) is 0 Å². The normalized spacial score (nSPS) is 19.0. The maximum Gasteiger partial charge on any atom is 0.193 e. The van der Waals surface area contributed by atoms with E-state index in [-0.39, 0.29) is 11.1 Å². The second kappa shape index (κ2) is 4.93. The number of aliphatic hydroxyl groups excluding tert-OH is 1. The number of likely N-dealkylation sites (N-methyl/N-ethyl adjacent to an activating group) is 1. The van der Waals surface area contributed by atoms with Crippen LogP contribution < -0.4 is 0 Å². The number of allylic oxidation sites excluding steroid dienone is 3. The van der Waals surface area contributed by atoms with Crippen molar-refractivity contribution in [3.63, 3.8) is 0 Å². The van der Waals surface area contributed by atoms with Crippen molar-refractivity contribution in [2.75, 3.05) is 7.05 Å². The summed E-state index contributed by atoms with van der Waals surface area (Å²) in [4.78, 5) is 13.7. The van der Waals surface area contributed by atoms with E-state index in [2.05, 4.69) is 0 Å². The van der Waals surface area contributed by atoms with Crippen LogP contribution in [0.4, 0.5) is 8.78 Å². The lowest BCUT2D eigenvalue weighted by Gasteiger charge is -2.30. The second-order valence-corrected chi connectivity index (χ2v) is 4.40. The molecular formula is C14H13F2NO2. The van der Waals surface area contributed by atoms with Crippen LogP contribution in [-0.4, -0.2) is 29.1 Å². The smallest absolute Gasteiger partial charge is 0.193 e. The molecule has 19 heavy (non-hydrogen) atoms. The van der Waals surface area contributed by atoms with Crippen LogP contribution in [0.2, 0.25) is 0 Å². The largest absolute Gasteiger partial charge is 0.369 e. The van der Waals surface area contributed by atoms with Crippen LogP contribution in [0.1, 0.15) is 17.3 Å². The van der Waals surface area contributed by atoms with Crippen LogP contribution in [0.25, 0.3) is 0 Å². The number of nitrogens with zero attached hydrogens (tertiary/aromatic N) is 1. The first-order chi connectivity index (χ1) is 8.90. The van der Waals surface area contributed by atoms with Gasteiger partial charge < -0.3 is 10.0 Å². The summed E-state index contributed by atoms with van der Waals surface area (Å²) in [6, 6.07) is 2.59. The molecule has 1 aliphatic heterocycles. The van der Waals surface area contributed by atoms with Gasteiger partial charge in [0.05, 0.1) is 0 Å². The molecule has 0 spiro atoms. The van der Waals surface area contributed by atoms with Crippen LogP contribution in [0.5, 0.6) is 0 Å². The molecule has 0 fully saturated rings. The fraction of sp³-hybridized carbons (Fsp3) is 0.214. The Kier molecular flexibility index (Phi) is 3.48. The Hall–Kier alpha value is -2.01. The third-order valence-electron chi connectivity index (χ3n) is 3.09. The number of ketones is 1. The van der Waals surface area contributed by atoms with Crippen LogP contribution in [0, 0.1) is 11.6 Å². The van der Waals surface area contributed by atoms with Gasteiger partial charge in [0.25, 0.3) is 0 Å². The third kappa shape index (κ3) is 2.56. The number of Topliss-reactive ketones (excluding diaryl/α,β-unsaturated/α-hetero) is 1. The second-order valence-electron chi connectivity index (χ2n) is 4.40. The Labute approximate surface area is 109 Å². The highest BCUT2D eigenvalue weighted by atomic mass is 19.1. The lowest BCUT2D eigenvalue weighted by molar-refractivity contribution is 0.0663. The van der Waals surface area contributed by atoms with E-state index in [9.17, 15) is 18.7 Å². The Morgan fingerprint density at radius 1 is 1.21 bits per heavy atom. The predicted molar refractivity (Wildman–Crippen MR) is 66.3 cm³/mol. The zero-order valence-corrected chi connectivity index (χ0v) is 10.5. The summed E-state index contributed by atoms with van der Waals surface area (Å²) in [5.74, 6) is -2.25. The number of benzene rings is 1. The number of rotatable bonds is 2. The summed E-state index contributed by atoms with van der Waals surface area (Å²) < 4.78 is 26.2. The van der Waals surface area contributed by atoms with Gasteiger partial charge in [-0.15, -0.1) is 0 Å². The molecule has 1 unspecified atom stereocenters. The first kappa shape index (κ1) is 13.4. The monoisotopic (exact) mass is 265 g/mol. The maximum absolute atomic E-state index is 13.1. The molecule has 3 nitrogen and oxygen atoms in total. The maximum atomic E-state index is 13.1. The molecule has 100 valence electrons. The molecule has 0 saturated heterocycles. The highest BCUT2D eigenvalue weighted by Crippen LogP contribution is 2.22. The molecule has 0 radical (unpaired) electrons. The molecule has 5 heteroatoms. The average Bonchev–Trinajstić information content (AvgIpc) is 2.34. The number of hydrogen-bond donors (Lipinski definition) is 1. The Balaban J connectivity index is 2.39. The van der Waals surface area contributed by atoms with Gasteiger partial charge in [0, 0.05) is 29.9 Å². The molecule has 1 aliphatic rings. The molecule has 1 atom stereocenters. The predicted octanol–water partition coefficient (Wildman–Crippen LogP) is 2.24. The van der Waals surface area contributed by atoms with E-state index in [1.165, 1.54) is 11.0 Å². The highest BCUT2D eigenvalue weighted by molar-refractivity contribution is 6.09. The van der Waals surface area contributed by atoms with Crippen molar-refractivity contribution in [1.82, 2.24) is 4.90 Å². The lowest BCUT2D eigenvalue weighted by Crippen LogP contribution is -2.36. The first-order valence-electron chi connectivity index (χ1n) is 5.70. The molecule has 1 heterocycles. The van der Waals surface area contributed by atoms with Crippen molar-refractivity contribution in [2.45, 2.75) is 13.2 Å². The van der Waals surface area contributed by atoms with E-state index in [1.54, 1.807) is 20.0 Å². The summed E-state index contributed by atoms with van der Waals surface area (Å²) in [5, 5.41) is 9.99. The minimum absolute atomic E-state index is 0.0816. The summed E-state index contributed by atoms with van der Waals surface area (Å²) in [5.41, 5.74) is 0.747. The van der Waals surface area contributed by atoms with Crippen molar-refractivity contribution in [3.8, 4) is 0 Å². The Bertz CT molecular complexity index is 573. The van der Waals surface area contributed by atoms with E-state index in [0.29, 0.717) is 6.07 Å². The summed E-state index contributed by atoms with van der Waals surface area (Å²) in [6.07, 6.45) is 2.00. The lowest BCUT2D eigenvalue weighted by atomic mass is 9.98. The van der Waals surface area contributed by atoms with E-state index >= 15 is 0 Å². The number of hydrogen-bond acceptors (Lipinski definition) is 3. The standard InChI is InChI=1S/C14H13F2NO2/c1-8-3-4-12(14(19)17(8)2)13(18)9-5-10(15)7-11(16)6-9/h3-7,14,19H,1-2H3. The number of carbonyl (C=O) groups is 1. The number of aliphatic hydroxyl groups is 1. The SMILES string of the molecule is CC1=CC=C(C(=O)c2cc(F)cc(F)c2)C(O)N1C. The molecule has 1 N–H and O–H groups in total. The number of carbonyl (C=O) groups excluding carboxylic acids is 1. The van der Waals surface area contributed by atoms with E-state index < -0.39 is 23.6 Å². The van der Waals surface area contributed by atoms with E-state index in [4.69, 9.17) is 0 Å². The van der Waals surface area contributed by atoms with Gasteiger partial charge in [-0.3, -0.25) is 4.79 Å². The third-order valence-corrected chi connectivity index (χ3v) is 3.09. The zero-order chi connectivity index (χ0) is 14.2. The minimum Gasteiger partial charge on any atom is -0.369 e. The van der Waals surface area contributed by atoms with Crippen LogP contribution in [0.3, 0.4) is 0 Å². The van der Waals surface area contributed by atoms with Gasteiger partial charge in [0.15, 0.2) is 12.0 Å². The van der Waals surface area contributed by atoms with Gasteiger partial charge in [0.1, 0.15) is 11.6 Å². The van der Waals surface area contributed by atoms with Crippen LogP contribution in [0.15, 0.2) is 41.6 Å². The van der Waals surface area contributed by atoms with Crippen LogP contribution >= 0.6 is 0 Å². The molecule has 0 bridgehead atoms. The molecule has 0 aliphatic carbocycles. The molecule has 0 saturated carbocycles. The summed E-state index contributed by atoms with van der Waals surface area (Å²) in [7, 11) is 1.63. The van der Waals surface area contributed by atoms with Crippen LogP contribution in [-0.2, 0) is 0 Å². The van der Waals surface area contributed by atoms with Crippen molar-refractivity contribution in [1.29, 1.82) is 0 Å². The molecule has 0 aromatic heterocycles. The summed E-state index contributed by atoms with van der Waals surface area (Å²) in [6.45, 7) is 1.78. The quantitative estimate of drug-likeness (QED) is 0.834.